The van der Waals surface area contributed by atoms with E-state index in [1.165, 1.54) is 4.90 Å². The van der Waals surface area contributed by atoms with Gasteiger partial charge < -0.3 is 15.7 Å². The number of aryl methyl sites for hydroxylation is 1. The molecule has 0 aliphatic rings. The zero-order valence-corrected chi connectivity index (χ0v) is 12.2. The molecule has 0 heterocycles. The summed E-state index contributed by atoms with van der Waals surface area (Å²) in [7, 11) is 0. The Labute approximate surface area is 119 Å². The number of hydrogen-bond acceptors (Lipinski definition) is 3. The van der Waals surface area contributed by atoms with Gasteiger partial charge in [0.25, 0.3) is 0 Å². The van der Waals surface area contributed by atoms with Gasteiger partial charge in [-0.25, -0.2) is 0 Å². The molecule has 5 heteroatoms. The number of likely N-dealkylation sites (N-methyl/N-ethyl adjacent to an activating group) is 1. The smallest absolute Gasteiger partial charge is 0.305 e. The lowest BCUT2D eigenvalue weighted by Gasteiger charge is -2.29. The topological polar surface area (TPSA) is 83.6 Å². The molecular weight excluding hydrogens is 256 g/mol. The lowest BCUT2D eigenvalue weighted by atomic mass is 10.0. The largest absolute Gasteiger partial charge is 0.481 e. The Morgan fingerprint density at radius 1 is 1.30 bits per heavy atom. The number of nitrogens with zero attached hydrogens (tertiary/aromatic N) is 1. The molecule has 0 aliphatic carbocycles. The highest BCUT2D eigenvalue weighted by molar-refractivity contribution is 5.83. The summed E-state index contributed by atoms with van der Waals surface area (Å²) in [5.74, 6) is -1.17. The number of nitrogens with two attached hydrogens (primary N) is 1. The van der Waals surface area contributed by atoms with Crippen LogP contribution in [0.25, 0.3) is 0 Å². The van der Waals surface area contributed by atoms with Crippen LogP contribution in [0.15, 0.2) is 24.3 Å². The molecule has 2 atom stereocenters. The van der Waals surface area contributed by atoms with Gasteiger partial charge in [0.05, 0.1) is 6.42 Å². The van der Waals surface area contributed by atoms with Crippen LogP contribution in [0, 0.1) is 6.92 Å². The molecule has 2 unspecified atom stereocenters. The maximum Gasteiger partial charge on any atom is 0.305 e. The second kappa shape index (κ2) is 7.05. The molecule has 1 aromatic rings. The van der Waals surface area contributed by atoms with Crippen molar-refractivity contribution in [1.82, 2.24) is 4.90 Å². The standard InChI is InChI=1S/C15H22N2O3/c1-4-17(11(3)9-13(18)19)15(20)14(16)12-7-5-10(2)6-8-12/h5-8,11,14H,4,9,16H2,1-3H3,(H,18,19). The molecule has 20 heavy (non-hydrogen) atoms. The summed E-state index contributed by atoms with van der Waals surface area (Å²) >= 11 is 0. The number of aliphatic carboxylic acids is 1. The Balaban J connectivity index is 2.84. The first-order valence-electron chi connectivity index (χ1n) is 6.71. The van der Waals surface area contributed by atoms with E-state index < -0.39 is 12.0 Å². The lowest BCUT2D eigenvalue weighted by molar-refractivity contribution is -0.140. The fraction of sp³-hybridized carbons (Fsp3) is 0.467. The van der Waals surface area contributed by atoms with E-state index in [9.17, 15) is 9.59 Å². The maximum absolute atomic E-state index is 12.4. The average Bonchev–Trinajstić information content (AvgIpc) is 2.38. The summed E-state index contributed by atoms with van der Waals surface area (Å²) < 4.78 is 0. The van der Waals surface area contributed by atoms with Crippen LogP contribution in [0.5, 0.6) is 0 Å². The molecule has 3 N–H and O–H groups in total. The van der Waals surface area contributed by atoms with E-state index in [4.69, 9.17) is 10.8 Å². The molecule has 0 saturated carbocycles. The van der Waals surface area contributed by atoms with E-state index in [-0.39, 0.29) is 18.4 Å². The third-order valence-electron chi connectivity index (χ3n) is 3.33. The van der Waals surface area contributed by atoms with Gasteiger partial charge in [0.15, 0.2) is 0 Å². The predicted molar refractivity (Wildman–Crippen MR) is 77.2 cm³/mol. The van der Waals surface area contributed by atoms with Gasteiger partial charge in [-0.3, -0.25) is 9.59 Å². The summed E-state index contributed by atoms with van der Waals surface area (Å²) in [5, 5.41) is 8.83. The fourth-order valence-corrected chi connectivity index (χ4v) is 2.14. The van der Waals surface area contributed by atoms with E-state index in [1.54, 1.807) is 6.92 Å². The zero-order valence-electron chi connectivity index (χ0n) is 12.2. The van der Waals surface area contributed by atoms with Gasteiger partial charge in [-0.15, -0.1) is 0 Å². The van der Waals surface area contributed by atoms with Gasteiger partial charge in [0.2, 0.25) is 5.91 Å². The monoisotopic (exact) mass is 278 g/mol. The molecular formula is C15H22N2O3. The number of hydrogen-bond donors (Lipinski definition) is 2. The van der Waals surface area contributed by atoms with Crippen LogP contribution >= 0.6 is 0 Å². The van der Waals surface area contributed by atoms with Crippen LogP contribution in [-0.4, -0.2) is 34.5 Å². The summed E-state index contributed by atoms with van der Waals surface area (Å²) in [6, 6.07) is 6.33. The molecule has 5 nitrogen and oxygen atoms in total. The average molecular weight is 278 g/mol. The molecule has 110 valence electrons. The Morgan fingerprint density at radius 2 is 1.85 bits per heavy atom. The van der Waals surface area contributed by atoms with E-state index in [0.717, 1.165) is 11.1 Å². The summed E-state index contributed by atoms with van der Waals surface area (Å²) in [4.78, 5) is 24.7. The first-order valence-corrected chi connectivity index (χ1v) is 6.71. The van der Waals surface area contributed by atoms with Crippen LogP contribution in [0.1, 0.15) is 37.4 Å². The zero-order chi connectivity index (χ0) is 15.3. The second-order valence-electron chi connectivity index (χ2n) is 4.96. The van der Waals surface area contributed by atoms with Gasteiger partial charge in [-0.2, -0.15) is 0 Å². The van der Waals surface area contributed by atoms with E-state index in [0.29, 0.717) is 6.54 Å². The molecule has 0 saturated heterocycles. The van der Waals surface area contributed by atoms with Crippen molar-refractivity contribution < 1.29 is 14.7 Å². The van der Waals surface area contributed by atoms with Crippen molar-refractivity contribution in [2.24, 2.45) is 5.73 Å². The van der Waals surface area contributed by atoms with E-state index >= 15 is 0 Å². The molecule has 1 amide bonds. The van der Waals surface area contributed by atoms with Gasteiger partial charge in [-0.05, 0) is 26.3 Å². The van der Waals surface area contributed by atoms with Crippen LogP contribution < -0.4 is 5.73 Å². The van der Waals surface area contributed by atoms with Crippen molar-refractivity contribution in [1.29, 1.82) is 0 Å². The maximum atomic E-state index is 12.4. The third kappa shape index (κ3) is 4.06. The summed E-state index contributed by atoms with van der Waals surface area (Å²) in [5.41, 5.74) is 7.83. The highest BCUT2D eigenvalue weighted by atomic mass is 16.4. The molecule has 0 radical (unpaired) electrons. The van der Waals surface area contributed by atoms with Crippen molar-refractivity contribution in [3.05, 3.63) is 35.4 Å². The SMILES string of the molecule is CCN(C(=O)C(N)c1ccc(C)cc1)C(C)CC(=O)O. The van der Waals surface area contributed by atoms with Crippen molar-refractivity contribution in [3.8, 4) is 0 Å². The molecule has 0 bridgehead atoms. The van der Waals surface area contributed by atoms with Crippen molar-refractivity contribution in [2.45, 2.75) is 39.3 Å². The van der Waals surface area contributed by atoms with Crippen molar-refractivity contribution in [3.63, 3.8) is 0 Å². The highest BCUT2D eigenvalue weighted by Gasteiger charge is 2.26. The number of benzene rings is 1. The molecule has 1 rings (SSSR count). The van der Waals surface area contributed by atoms with Crippen LogP contribution in [0.4, 0.5) is 0 Å². The van der Waals surface area contributed by atoms with Crippen LogP contribution in [-0.2, 0) is 9.59 Å². The van der Waals surface area contributed by atoms with E-state index in [1.807, 2.05) is 38.1 Å². The lowest BCUT2D eigenvalue weighted by Crippen LogP contribution is -2.44. The normalized spacial score (nSPS) is 13.6. The van der Waals surface area contributed by atoms with Crippen molar-refractivity contribution >= 4 is 11.9 Å². The van der Waals surface area contributed by atoms with Gasteiger partial charge in [-0.1, -0.05) is 29.8 Å². The Kier molecular flexibility index (Phi) is 5.70. The summed E-state index contributed by atoms with van der Waals surface area (Å²) in [6.07, 6.45) is -0.0831. The molecule has 0 fully saturated rings. The minimum absolute atomic E-state index is 0.0831. The van der Waals surface area contributed by atoms with Gasteiger partial charge >= 0.3 is 5.97 Å². The number of amides is 1. The van der Waals surface area contributed by atoms with E-state index in [2.05, 4.69) is 0 Å². The highest BCUT2D eigenvalue weighted by Crippen LogP contribution is 2.16. The first kappa shape index (κ1) is 16.2. The Hall–Kier alpha value is -1.88. The summed E-state index contributed by atoms with van der Waals surface area (Å²) in [6.45, 7) is 5.94. The van der Waals surface area contributed by atoms with Gasteiger partial charge in [0, 0.05) is 12.6 Å². The number of carboxylic acids is 1. The van der Waals surface area contributed by atoms with Gasteiger partial charge in [0.1, 0.15) is 6.04 Å². The molecule has 1 aromatic carbocycles. The molecule has 0 spiro atoms. The number of carbonyl (C=O) groups excluding carboxylic acids is 1. The van der Waals surface area contributed by atoms with Crippen molar-refractivity contribution in [2.75, 3.05) is 6.54 Å². The third-order valence-corrected chi connectivity index (χ3v) is 3.33. The minimum Gasteiger partial charge on any atom is -0.481 e. The molecule has 0 aromatic heterocycles. The molecule has 0 aliphatic heterocycles. The van der Waals surface area contributed by atoms with Crippen LogP contribution in [0.2, 0.25) is 0 Å². The number of carbonyl (C=O) groups is 2. The first-order chi connectivity index (χ1) is 9.36. The minimum atomic E-state index is -0.923. The Morgan fingerprint density at radius 3 is 2.30 bits per heavy atom. The number of carboxylic acid groups (broad SMARTS) is 1. The van der Waals surface area contributed by atoms with Crippen LogP contribution in [0.3, 0.4) is 0 Å². The second-order valence-corrected chi connectivity index (χ2v) is 4.96. The predicted octanol–water partition coefficient (Wildman–Crippen LogP) is 1.71. The number of rotatable bonds is 6. The quantitative estimate of drug-likeness (QED) is 0.829. The Bertz CT molecular complexity index is 471. The fourth-order valence-electron chi connectivity index (χ4n) is 2.14.